The summed E-state index contributed by atoms with van der Waals surface area (Å²) in [6, 6.07) is 6.21. The number of unbranched alkanes of at least 4 members (excludes halogenated alkanes) is 4. The fraction of sp³-hybridized carbons (Fsp3) is 0.621. The number of halogens is 2. The fourth-order valence-corrected chi connectivity index (χ4v) is 6.48. The Labute approximate surface area is 197 Å². The Balaban J connectivity index is 1.41. The van der Waals surface area contributed by atoms with Crippen LogP contribution in [0, 0.1) is 29.4 Å². The van der Waals surface area contributed by atoms with Gasteiger partial charge in [-0.2, -0.15) is 0 Å². The van der Waals surface area contributed by atoms with Crippen LogP contribution in [0.1, 0.15) is 106 Å². The molecular weight excluding hydrogens is 418 g/mol. The largest absolute Gasteiger partial charge is 0.465 e. The Morgan fingerprint density at radius 2 is 1.73 bits per heavy atom. The molecule has 0 bridgehead atoms. The van der Waals surface area contributed by atoms with E-state index in [-0.39, 0.29) is 22.7 Å². The van der Waals surface area contributed by atoms with Crippen molar-refractivity contribution in [1.29, 1.82) is 0 Å². The molecule has 2 aromatic carbocycles. The van der Waals surface area contributed by atoms with Crippen LogP contribution in [0.4, 0.5) is 8.78 Å². The quantitative estimate of drug-likeness (QED) is 0.294. The van der Waals surface area contributed by atoms with Gasteiger partial charge in [0, 0.05) is 5.39 Å². The number of benzene rings is 2. The second-order valence-electron chi connectivity index (χ2n) is 10.4. The lowest BCUT2D eigenvalue weighted by atomic mass is 9.63. The van der Waals surface area contributed by atoms with Crippen molar-refractivity contribution in [2.45, 2.75) is 89.9 Å². The van der Waals surface area contributed by atoms with Crippen LogP contribution in [0.2, 0.25) is 0 Å². The van der Waals surface area contributed by atoms with Gasteiger partial charge < -0.3 is 4.74 Å². The molecule has 33 heavy (non-hydrogen) atoms. The van der Waals surface area contributed by atoms with Crippen molar-refractivity contribution >= 4 is 16.7 Å². The van der Waals surface area contributed by atoms with Crippen molar-refractivity contribution in [2.24, 2.45) is 17.8 Å². The average molecular weight is 457 g/mol. The van der Waals surface area contributed by atoms with Crippen LogP contribution < -0.4 is 0 Å². The monoisotopic (exact) mass is 456 g/mol. The van der Waals surface area contributed by atoms with Crippen molar-refractivity contribution in [3.8, 4) is 0 Å². The highest BCUT2D eigenvalue weighted by Gasteiger charge is 2.36. The summed E-state index contributed by atoms with van der Waals surface area (Å²) in [5.41, 5.74) is 0.559. The molecular formula is C29H38F2O2. The van der Waals surface area contributed by atoms with Gasteiger partial charge in [-0.3, -0.25) is 0 Å². The van der Waals surface area contributed by atoms with Gasteiger partial charge in [0.1, 0.15) is 11.6 Å². The lowest BCUT2D eigenvalue weighted by Gasteiger charge is -2.42. The first-order chi connectivity index (χ1) is 16.0. The predicted molar refractivity (Wildman–Crippen MR) is 129 cm³/mol. The van der Waals surface area contributed by atoms with Crippen LogP contribution in [0.15, 0.2) is 24.3 Å². The van der Waals surface area contributed by atoms with Crippen molar-refractivity contribution in [1.82, 2.24) is 0 Å². The molecule has 2 aliphatic carbocycles. The van der Waals surface area contributed by atoms with Gasteiger partial charge in [-0.05, 0) is 78.9 Å². The molecule has 0 heterocycles. The molecule has 0 N–H and O–H groups in total. The number of methoxy groups -OCH3 is 1. The Morgan fingerprint density at radius 3 is 2.52 bits per heavy atom. The second kappa shape index (κ2) is 11.0. The summed E-state index contributed by atoms with van der Waals surface area (Å²) in [5.74, 6) is 0.758. The molecule has 0 aromatic heterocycles. The highest BCUT2D eigenvalue weighted by molar-refractivity contribution is 5.96. The number of carbonyl (C=O) groups is 1. The zero-order valence-corrected chi connectivity index (χ0v) is 20.2. The van der Waals surface area contributed by atoms with E-state index in [4.69, 9.17) is 0 Å². The van der Waals surface area contributed by atoms with Crippen LogP contribution in [-0.4, -0.2) is 13.1 Å². The van der Waals surface area contributed by atoms with Crippen molar-refractivity contribution in [3.63, 3.8) is 0 Å². The van der Waals surface area contributed by atoms with E-state index in [9.17, 15) is 9.18 Å². The summed E-state index contributed by atoms with van der Waals surface area (Å²) >= 11 is 0. The molecule has 0 saturated heterocycles. The van der Waals surface area contributed by atoms with Gasteiger partial charge in [0.25, 0.3) is 0 Å². The zero-order valence-electron chi connectivity index (χ0n) is 20.2. The summed E-state index contributed by atoms with van der Waals surface area (Å²) in [5, 5.41) is 0.790. The highest BCUT2D eigenvalue weighted by Crippen LogP contribution is 2.49. The summed E-state index contributed by atoms with van der Waals surface area (Å²) in [6.45, 7) is 2.26. The van der Waals surface area contributed by atoms with E-state index in [1.165, 1.54) is 77.4 Å². The maximum atomic E-state index is 15.5. The molecule has 2 aromatic rings. The molecule has 180 valence electrons. The van der Waals surface area contributed by atoms with E-state index in [1.54, 1.807) is 0 Å². The van der Waals surface area contributed by atoms with Crippen molar-refractivity contribution < 1.29 is 18.3 Å². The van der Waals surface area contributed by atoms with E-state index < -0.39 is 11.8 Å². The Hall–Kier alpha value is -1.97. The molecule has 4 heteroatoms. The third-order valence-electron chi connectivity index (χ3n) is 8.35. The van der Waals surface area contributed by atoms with E-state index >= 15 is 4.39 Å². The molecule has 2 unspecified atom stereocenters. The highest BCUT2D eigenvalue weighted by atomic mass is 19.1. The summed E-state index contributed by atoms with van der Waals surface area (Å²) in [6.07, 6.45) is 15.4. The zero-order chi connectivity index (χ0) is 23.4. The van der Waals surface area contributed by atoms with E-state index in [0.717, 1.165) is 30.7 Å². The van der Waals surface area contributed by atoms with Gasteiger partial charge in [0.2, 0.25) is 0 Å². The van der Waals surface area contributed by atoms with E-state index in [0.29, 0.717) is 16.9 Å². The van der Waals surface area contributed by atoms with Crippen molar-refractivity contribution in [3.05, 3.63) is 47.0 Å². The fourth-order valence-electron chi connectivity index (χ4n) is 6.48. The molecule has 0 aliphatic heterocycles. The van der Waals surface area contributed by atoms with Gasteiger partial charge in [0.05, 0.1) is 12.7 Å². The molecule has 0 spiro atoms. The van der Waals surface area contributed by atoms with Gasteiger partial charge in [-0.15, -0.1) is 0 Å². The topological polar surface area (TPSA) is 26.3 Å². The minimum atomic E-state index is -0.742. The number of ether oxygens (including phenoxy) is 1. The smallest absolute Gasteiger partial charge is 0.340 e. The molecule has 4 atom stereocenters. The van der Waals surface area contributed by atoms with Gasteiger partial charge in [-0.25, -0.2) is 13.6 Å². The first-order valence-electron chi connectivity index (χ1n) is 13.0. The number of hydrogen-bond donors (Lipinski definition) is 0. The Kier molecular flexibility index (Phi) is 8.03. The molecule has 2 saturated carbocycles. The third kappa shape index (κ3) is 5.41. The third-order valence-corrected chi connectivity index (χ3v) is 8.35. The molecule has 4 rings (SSSR count). The Bertz CT molecular complexity index is 970. The normalized spacial score (nSPS) is 25.1. The lowest BCUT2D eigenvalue weighted by Crippen LogP contribution is -2.30. The summed E-state index contributed by atoms with van der Waals surface area (Å²) in [4.78, 5) is 11.8. The van der Waals surface area contributed by atoms with Crippen LogP contribution in [0.3, 0.4) is 0 Å². The van der Waals surface area contributed by atoms with Crippen LogP contribution in [0.25, 0.3) is 10.8 Å². The standard InChI is InChI=1S/C29H38F2O2/c1-3-4-5-6-7-8-19-9-10-21-16-22(12-11-20(21)15-19)24-14-13-23-17-26(29(32)33-2)27(30)18-25(23)28(24)31/h13-14,17-22H,3-12,15-16H2,1-2H3/t19?,20-,21+,22?/m0/s1. The number of carbonyl (C=O) groups excluding carboxylic acids is 1. The van der Waals surface area contributed by atoms with E-state index in [1.807, 2.05) is 12.1 Å². The summed E-state index contributed by atoms with van der Waals surface area (Å²) < 4.78 is 34.6. The SMILES string of the molecule is CCCCCCCC1CC[C@@H]2CC(c3ccc4cc(C(=O)OC)c(F)cc4c3F)CC[C@H]2C1. The Morgan fingerprint density at radius 1 is 0.970 bits per heavy atom. The number of hydrogen-bond acceptors (Lipinski definition) is 2. The molecule has 2 aliphatic rings. The number of rotatable bonds is 8. The summed E-state index contributed by atoms with van der Waals surface area (Å²) in [7, 11) is 1.22. The first-order valence-corrected chi connectivity index (χ1v) is 13.0. The molecule has 0 radical (unpaired) electrons. The first kappa shape index (κ1) is 24.2. The van der Waals surface area contributed by atoms with Gasteiger partial charge in [-0.1, -0.05) is 64.0 Å². The van der Waals surface area contributed by atoms with Gasteiger partial charge in [0.15, 0.2) is 0 Å². The van der Waals surface area contributed by atoms with Crippen LogP contribution in [-0.2, 0) is 4.74 Å². The van der Waals surface area contributed by atoms with Crippen LogP contribution >= 0.6 is 0 Å². The molecule has 0 amide bonds. The van der Waals surface area contributed by atoms with Crippen molar-refractivity contribution in [2.75, 3.05) is 7.11 Å². The number of fused-ring (bicyclic) bond motifs is 2. The molecule has 2 nitrogen and oxygen atoms in total. The minimum Gasteiger partial charge on any atom is -0.465 e. The minimum absolute atomic E-state index is 0.153. The van der Waals surface area contributed by atoms with E-state index in [2.05, 4.69) is 11.7 Å². The maximum absolute atomic E-state index is 15.5. The second-order valence-corrected chi connectivity index (χ2v) is 10.4. The van der Waals surface area contributed by atoms with Gasteiger partial charge >= 0.3 is 5.97 Å². The number of esters is 1. The molecule has 2 fully saturated rings. The lowest BCUT2D eigenvalue weighted by molar-refractivity contribution is 0.0595. The van der Waals surface area contributed by atoms with Crippen LogP contribution in [0.5, 0.6) is 0 Å². The average Bonchev–Trinajstić information content (AvgIpc) is 2.83. The predicted octanol–water partition coefficient (Wildman–Crippen LogP) is 8.57. The maximum Gasteiger partial charge on any atom is 0.340 e.